The third kappa shape index (κ3) is 8.06. The Hall–Kier alpha value is -3.89. The SMILES string of the molecule is COC(=O)[C@H](Cc1ccc(-c2c(OC)cnn(C)c2=O)cc1)NC(=O)[C@H](NC(=O)OC(C)(C)C)C(C)C. The van der Waals surface area contributed by atoms with E-state index in [1.165, 1.54) is 25.1 Å². The summed E-state index contributed by atoms with van der Waals surface area (Å²) in [6, 6.07) is 5.01. The van der Waals surface area contributed by atoms with Gasteiger partial charge in [-0.2, -0.15) is 5.10 Å². The lowest BCUT2D eigenvalue weighted by molar-refractivity contribution is -0.145. The highest BCUT2D eigenvalue weighted by atomic mass is 16.6. The van der Waals surface area contributed by atoms with Crippen LogP contribution in [0.5, 0.6) is 5.75 Å². The minimum atomic E-state index is -1.01. The molecule has 1 aromatic carbocycles. The van der Waals surface area contributed by atoms with Crippen molar-refractivity contribution in [2.75, 3.05) is 14.2 Å². The second-order valence-electron chi connectivity index (χ2n) is 9.87. The molecule has 0 aliphatic rings. The summed E-state index contributed by atoms with van der Waals surface area (Å²) in [5, 5.41) is 9.22. The van der Waals surface area contributed by atoms with Gasteiger partial charge in [-0.25, -0.2) is 14.3 Å². The van der Waals surface area contributed by atoms with Gasteiger partial charge in [-0.15, -0.1) is 0 Å². The number of hydrogen-bond acceptors (Lipinski definition) is 8. The summed E-state index contributed by atoms with van der Waals surface area (Å²) in [6.07, 6.45) is 0.856. The van der Waals surface area contributed by atoms with Crippen LogP contribution in [0.4, 0.5) is 4.79 Å². The van der Waals surface area contributed by atoms with Crippen molar-refractivity contribution >= 4 is 18.0 Å². The van der Waals surface area contributed by atoms with E-state index in [0.29, 0.717) is 22.4 Å². The molecular formula is C26H36N4O7. The van der Waals surface area contributed by atoms with Crippen LogP contribution in [0.15, 0.2) is 35.3 Å². The van der Waals surface area contributed by atoms with Crippen LogP contribution in [-0.2, 0) is 32.5 Å². The van der Waals surface area contributed by atoms with Crippen LogP contribution in [0, 0.1) is 5.92 Å². The van der Waals surface area contributed by atoms with Gasteiger partial charge in [0.1, 0.15) is 17.7 Å². The van der Waals surface area contributed by atoms with E-state index in [-0.39, 0.29) is 17.9 Å². The Labute approximate surface area is 216 Å². The highest BCUT2D eigenvalue weighted by molar-refractivity contribution is 5.90. The number of rotatable bonds is 9. The number of esters is 1. The molecule has 11 heteroatoms. The van der Waals surface area contributed by atoms with Gasteiger partial charge in [0.25, 0.3) is 5.56 Å². The molecule has 2 N–H and O–H groups in total. The Balaban J connectivity index is 2.23. The molecule has 37 heavy (non-hydrogen) atoms. The summed E-state index contributed by atoms with van der Waals surface area (Å²) in [7, 11) is 4.24. The number of aryl methyl sites for hydroxylation is 1. The minimum Gasteiger partial charge on any atom is -0.494 e. The van der Waals surface area contributed by atoms with E-state index in [9.17, 15) is 19.2 Å². The Morgan fingerprint density at radius 2 is 1.68 bits per heavy atom. The zero-order valence-electron chi connectivity index (χ0n) is 22.6. The maximum Gasteiger partial charge on any atom is 0.408 e. The summed E-state index contributed by atoms with van der Waals surface area (Å²) >= 11 is 0. The third-order valence-corrected chi connectivity index (χ3v) is 5.43. The number of carbonyl (C=O) groups excluding carboxylic acids is 3. The predicted molar refractivity (Wildman–Crippen MR) is 137 cm³/mol. The lowest BCUT2D eigenvalue weighted by Crippen LogP contribution is -2.55. The number of benzene rings is 1. The predicted octanol–water partition coefficient (Wildman–Crippen LogP) is 2.21. The maximum atomic E-state index is 13.0. The van der Waals surface area contributed by atoms with Crippen molar-refractivity contribution in [1.29, 1.82) is 0 Å². The van der Waals surface area contributed by atoms with Gasteiger partial charge in [-0.05, 0) is 37.8 Å². The molecule has 0 saturated heterocycles. The minimum absolute atomic E-state index is 0.126. The number of amides is 2. The first-order chi connectivity index (χ1) is 17.3. The molecule has 0 bridgehead atoms. The summed E-state index contributed by atoms with van der Waals surface area (Å²) < 4.78 is 16.7. The molecule has 0 spiro atoms. The van der Waals surface area contributed by atoms with Gasteiger partial charge in [0.2, 0.25) is 5.91 Å². The molecule has 0 saturated carbocycles. The Morgan fingerprint density at radius 3 is 2.19 bits per heavy atom. The van der Waals surface area contributed by atoms with Crippen molar-refractivity contribution in [2.45, 2.75) is 58.7 Å². The largest absolute Gasteiger partial charge is 0.494 e. The molecule has 2 rings (SSSR count). The van der Waals surface area contributed by atoms with Crippen molar-refractivity contribution in [3.8, 4) is 16.9 Å². The normalized spacial score (nSPS) is 12.9. The Kier molecular flexibility index (Phi) is 9.81. The molecule has 202 valence electrons. The molecule has 2 aromatic rings. The first-order valence-corrected chi connectivity index (χ1v) is 11.8. The zero-order valence-corrected chi connectivity index (χ0v) is 22.6. The van der Waals surface area contributed by atoms with Gasteiger partial charge in [0, 0.05) is 13.5 Å². The molecule has 0 aliphatic heterocycles. The van der Waals surface area contributed by atoms with Gasteiger partial charge in [0.15, 0.2) is 5.75 Å². The quantitative estimate of drug-likeness (QED) is 0.484. The number of aromatic nitrogens is 2. The van der Waals surface area contributed by atoms with Crippen molar-refractivity contribution in [3.63, 3.8) is 0 Å². The van der Waals surface area contributed by atoms with Crippen LogP contribution in [0.25, 0.3) is 11.1 Å². The lowest BCUT2D eigenvalue weighted by atomic mass is 9.99. The number of alkyl carbamates (subject to hydrolysis) is 1. The molecule has 0 aliphatic carbocycles. The van der Waals surface area contributed by atoms with E-state index < -0.39 is 35.7 Å². The molecule has 0 radical (unpaired) electrons. The fourth-order valence-corrected chi connectivity index (χ4v) is 3.55. The van der Waals surface area contributed by atoms with E-state index in [4.69, 9.17) is 14.2 Å². The van der Waals surface area contributed by atoms with Crippen molar-refractivity contribution in [3.05, 3.63) is 46.4 Å². The van der Waals surface area contributed by atoms with Crippen LogP contribution in [0.3, 0.4) is 0 Å². The van der Waals surface area contributed by atoms with Gasteiger partial charge in [-0.1, -0.05) is 38.1 Å². The topological polar surface area (TPSA) is 138 Å². The first-order valence-electron chi connectivity index (χ1n) is 11.8. The van der Waals surface area contributed by atoms with Crippen LogP contribution in [0.2, 0.25) is 0 Å². The molecular weight excluding hydrogens is 480 g/mol. The number of hydrogen-bond donors (Lipinski definition) is 2. The summed E-state index contributed by atoms with van der Waals surface area (Å²) in [6.45, 7) is 8.70. The number of nitrogens with zero attached hydrogens (tertiary/aromatic N) is 2. The van der Waals surface area contributed by atoms with Crippen LogP contribution in [0.1, 0.15) is 40.2 Å². The van der Waals surface area contributed by atoms with E-state index in [0.717, 1.165) is 0 Å². The number of carbonyl (C=O) groups is 3. The fourth-order valence-electron chi connectivity index (χ4n) is 3.55. The average Bonchev–Trinajstić information content (AvgIpc) is 2.82. The molecule has 2 amide bonds. The lowest BCUT2D eigenvalue weighted by Gasteiger charge is -2.26. The van der Waals surface area contributed by atoms with Gasteiger partial charge in [-0.3, -0.25) is 9.59 Å². The summed E-state index contributed by atoms with van der Waals surface area (Å²) in [5.41, 5.74) is 0.642. The Bertz CT molecular complexity index is 1170. The highest BCUT2D eigenvalue weighted by Gasteiger charge is 2.31. The monoisotopic (exact) mass is 516 g/mol. The Morgan fingerprint density at radius 1 is 1.05 bits per heavy atom. The van der Waals surface area contributed by atoms with E-state index in [2.05, 4.69) is 15.7 Å². The smallest absolute Gasteiger partial charge is 0.408 e. The fraction of sp³-hybridized carbons (Fsp3) is 0.500. The maximum absolute atomic E-state index is 13.0. The summed E-state index contributed by atoms with van der Waals surface area (Å²) in [5.74, 6) is -1.12. The second kappa shape index (κ2) is 12.4. The number of methoxy groups -OCH3 is 2. The van der Waals surface area contributed by atoms with E-state index in [1.807, 2.05) is 0 Å². The van der Waals surface area contributed by atoms with Crippen LogP contribution < -0.4 is 20.9 Å². The number of nitrogens with one attached hydrogen (secondary N) is 2. The molecule has 1 aromatic heterocycles. The molecule has 0 fully saturated rings. The molecule has 1 heterocycles. The van der Waals surface area contributed by atoms with E-state index in [1.54, 1.807) is 65.9 Å². The summed E-state index contributed by atoms with van der Waals surface area (Å²) in [4.78, 5) is 50.4. The van der Waals surface area contributed by atoms with Gasteiger partial charge < -0.3 is 24.8 Å². The van der Waals surface area contributed by atoms with Crippen LogP contribution >= 0.6 is 0 Å². The van der Waals surface area contributed by atoms with E-state index >= 15 is 0 Å². The molecule has 2 atom stereocenters. The molecule has 11 nitrogen and oxygen atoms in total. The second-order valence-corrected chi connectivity index (χ2v) is 9.87. The highest BCUT2D eigenvalue weighted by Crippen LogP contribution is 2.25. The third-order valence-electron chi connectivity index (χ3n) is 5.43. The first kappa shape index (κ1) is 29.3. The van der Waals surface area contributed by atoms with Gasteiger partial charge >= 0.3 is 12.1 Å². The van der Waals surface area contributed by atoms with Crippen LogP contribution in [-0.4, -0.2) is 59.7 Å². The number of ether oxygens (including phenoxy) is 3. The van der Waals surface area contributed by atoms with Gasteiger partial charge in [0.05, 0.1) is 26.0 Å². The van der Waals surface area contributed by atoms with Crippen molar-refractivity contribution in [2.24, 2.45) is 13.0 Å². The average molecular weight is 517 g/mol. The zero-order chi connectivity index (χ0) is 27.9. The van der Waals surface area contributed by atoms with Crippen molar-refractivity contribution in [1.82, 2.24) is 20.4 Å². The van der Waals surface area contributed by atoms with Crippen molar-refractivity contribution < 1.29 is 28.6 Å². The standard InChI is InChI=1S/C26H36N4O7/c1-15(2)21(29-25(34)37-26(3,4)5)22(31)28-18(24(33)36-8)13-16-9-11-17(12-10-16)20-19(35-7)14-27-30(6)23(20)32/h9-12,14-15,18,21H,13H2,1-8H3,(H,28,31)(H,29,34)/t18-,21+/m0/s1. The molecule has 0 unspecified atom stereocenters.